The van der Waals surface area contributed by atoms with Crippen molar-refractivity contribution in [3.05, 3.63) is 44.6 Å². The molecule has 0 N–H and O–H groups in total. The molecule has 0 radical (unpaired) electrons. The standard InChI is InChI=1S/C8H16O2Si.3CO.Fe/c1-8(6-7-9-2)10-11(3,4)5;3*1-2;/h6-7H,1H2,2-5H3;;;;/b7-6+;;;;. The third-order valence-electron chi connectivity index (χ3n) is 0.827. The number of methoxy groups -OCH3 is 1. The van der Waals surface area contributed by atoms with Crippen molar-refractivity contribution in [3.63, 3.8) is 0 Å². The summed E-state index contributed by atoms with van der Waals surface area (Å²) in [7, 11) is 0.119. The van der Waals surface area contributed by atoms with E-state index in [-0.39, 0.29) is 17.1 Å². The Morgan fingerprint density at radius 1 is 1.06 bits per heavy atom. The predicted octanol–water partition coefficient (Wildman–Crippen LogP) is 2.40. The summed E-state index contributed by atoms with van der Waals surface area (Å²) in [5, 5.41) is 0. The fourth-order valence-electron chi connectivity index (χ4n) is 0.571. The van der Waals surface area contributed by atoms with Gasteiger partial charge in [-0.2, -0.15) is 0 Å². The van der Waals surface area contributed by atoms with E-state index in [0.29, 0.717) is 5.76 Å². The molecule has 0 rings (SSSR count). The zero-order valence-electron chi connectivity index (χ0n) is 10.8. The minimum atomic E-state index is -1.48. The van der Waals surface area contributed by atoms with Crippen molar-refractivity contribution in [1.82, 2.24) is 0 Å². The van der Waals surface area contributed by atoms with E-state index in [1.807, 2.05) is 0 Å². The maximum absolute atomic E-state index is 7.50. The summed E-state index contributed by atoms with van der Waals surface area (Å²) in [6.45, 7) is 23.6. The van der Waals surface area contributed by atoms with Crippen LogP contribution in [0.25, 0.3) is 0 Å². The summed E-state index contributed by atoms with van der Waals surface area (Å²) in [4.78, 5) is 0. The average Bonchev–Trinajstić information content (AvgIpc) is 2.32. The molecule has 102 valence electrons. The Morgan fingerprint density at radius 3 is 1.61 bits per heavy atom. The van der Waals surface area contributed by atoms with Gasteiger partial charge in [-0.1, -0.05) is 6.58 Å². The summed E-state index contributed by atoms with van der Waals surface area (Å²) >= 11 is 0. The minimum absolute atomic E-state index is 0. The molecule has 0 aliphatic carbocycles. The van der Waals surface area contributed by atoms with Gasteiger partial charge in [0.25, 0.3) is 0 Å². The largest absolute Gasteiger partial charge is 0 e. The number of ether oxygens (including phenoxy) is 1. The zero-order valence-corrected chi connectivity index (χ0v) is 12.9. The first kappa shape index (κ1) is 30.2. The quantitative estimate of drug-likeness (QED) is 0.263. The first-order valence-electron chi connectivity index (χ1n) is 4.14. The summed E-state index contributed by atoms with van der Waals surface area (Å²) < 4.78 is 32.7. The van der Waals surface area contributed by atoms with E-state index in [2.05, 4.69) is 46.2 Å². The van der Waals surface area contributed by atoms with E-state index in [0.717, 1.165) is 0 Å². The van der Waals surface area contributed by atoms with Crippen molar-refractivity contribution >= 4 is 8.32 Å². The van der Waals surface area contributed by atoms with E-state index in [9.17, 15) is 0 Å². The monoisotopic (exact) mass is 312 g/mol. The average molecular weight is 312 g/mol. The van der Waals surface area contributed by atoms with Crippen LogP contribution >= 0.6 is 0 Å². The van der Waals surface area contributed by atoms with Crippen LogP contribution in [0.3, 0.4) is 0 Å². The Bertz CT molecular complexity index is 249. The van der Waals surface area contributed by atoms with Gasteiger partial charge in [-0.15, -0.1) is 0 Å². The molecular weight excluding hydrogens is 296 g/mol. The van der Waals surface area contributed by atoms with E-state index in [1.54, 1.807) is 19.4 Å². The SMILES string of the molecule is C=C(/C=C/OC)O[Si](C)(C)C.[C-]#[O+].[C-]#[O+].[C-]#[O+].[Fe]. The van der Waals surface area contributed by atoms with Gasteiger partial charge in [0.05, 0.1) is 19.1 Å². The maximum atomic E-state index is 7.50. The van der Waals surface area contributed by atoms with Crippen molar-refractivity contribution in [2.45, 2.75) is 19.6 Å². The van der Waals surface area contributed by atoms with Crippen LogP contribution in [0, 0.1) is 20.0 Å². The molecule has 0 aromatic heterocycles. The molecule has 0 saturated carbocycles. The van der Waals surface area contributed by atoms with Crippen LogP contribution in [-0.2, 0) is 40.2 Å². The molecular formula is C11H16FeO5Si. The Kier molecular flexibility index (Phi) is 42.0. The summed E-state index contributed by atoms with van der Waals surface area (Å²) in [6.07, 6.45) is 3.28. The topological polar surface area (TPSA) is 78.2 Å². The summed E-state index contributed by atoms with van der Waals surface area (Å²) in [6, 6.07) is 0. The smallest absolute Gasteiger partial charge is 0 e. The maximum Gasteiger partial charge on any atom is 0 e. The molecule has 0 aromatic rings. The van der Waals surface area contributed by atoms with E-state index in [4.69, 9.17) is 23.1 Å². The summed E-state index contributed by atoms with van der Waals surface area (Å²) in [5.41, 5.74) is 0. The Morgan fingerprint density at radius 2 is 1.39 bits per heavy atom. The van der Waals surface area contributed by atoms with E-state index in [1.165, 1.54) is 0 Å². The summed E-state index contributed by atoms with van der Waals surface area (Å²) in [5.74, 6) is 0.672. The predicted molar refractivity (Wildman–Crippen MR) is 61.5 cm³/mol. The van der Waals surface area contributed by atoms with Crippen molar-refractivity contribution in [1.29, 1.82) is 0 Å². The molecule has 0 aliphatic heterocycles. The van der Waals surface area contributed by atoms with Gasteiger partial charge >= 0.3 is 33.9 Å². The van der Waals surface area contributed by atoms with Crippen molar-refractivity contribution in [2.75, 3.05) is 7.11 Å². The van der Waals surface area contributed by atoms with Crippen LogP contribution < -0.4 is 0 Å². The van der Waals surface area contributed by atoms with Crippen molar-refractivity contribution in [3.8, 4) is 0 Å². The molecule has 0 fully saturated rings. The number of rotatable bonds is 4. The van der Waals surface area contributed by atoms with Crippen LogP contribution in [0.2, 0.25) is 19.6 Å². The van der Waals surface area contributed by atoms with Gasteiger partial charge in [0.15, 0.2) is 0 Å². The van der Waals surface area contributed by atoms with Gasteiger partial charge < -0.3 is 9.16 Å². The molecule has 5 nitrogen and oxygen atoms in total. The first-order chi connectivity index (χ1) is 7.95. The van der Waals surface area contributed by atoms with Crippen LogP contribution in [-0.4, -0.2) is 15.4 Å². The van der Waals surface area contributed by atoms with E-state index >= 15 is 0 Å². The molecule has 18 heavy (non-hydrogen) atoms. The normalized spacial score (nSPS) is 7.44. The molecule has 0 aliphatic rings. The Hall–Kier alpha value is -0.964. The molecule has 0 saturated heterocycles. The molecule has 0 spiro atoms. The van der Waals surface area contributed by atoms with Gasteiger partial charge in [-0.05, 0) is 19.6 Å². The second kappa shape index (κ2) is 25.0. The molecule has 0 unspecified atom stereocenters. The van der Waals surface area contributed by atoms with E-state index < -0.39 is 8.32 Å². The van der Waals surface area contributed by atoms with Crippen LogP contribution in [0.4, 0.5) is 0 Å². The number of hydrogen-bond acceptors (Lipinski definition) is 2. The fourth-order valence-corrected chi connectivity index (χ4v) is 1.43. The Labute approximate surface area is 120 Å². The first-order valence-corrected chi connectivity index (χ1v) is 7.55. The van der Waals surface area contributed by atoms with Crippen LogP contribution in [0.15, 0.2) is 24.7 Å². The second-order valence-corrected chi connectivity index (χ2v) is 7.65. The molecule has 0 heterocycles. The fraction of sp³-hybridized carbons (Fsp3) is 0.364. The number of allylic oxidation sites excluding steroid dienone is 1. The van der Waals surface area contributed by atoms with Gasteiger partial charge in [0.1, 0.15) is 0 Å². The van der Waals surface area contributed by atoms with Crippen LogP contribution in [0.5, 0.6) is 0 Å². The van der Waals surface area contributed by atoms with Gasteiger partial charge in [0, 0.05) is 23.1 Å². The van der Waals surface area contributed by atoms with Crippen LogP contribution in [0.1, 0.15) is 0 Å². The van der Waals surface area contributed by atoms with Gasteiger partial charge in [-0.25, -0.2) is 0 Å². The molecule has 0 amide bonds. The Balaban J connectivity index is -0.0000000700. The second-order valence-electron chi connectivity index (χ2n) is 3.22. The van der Waals surface area contributed by atoms with Crippen molar-refractivity contribution < 1.29 is 40.2 Å². The van der Waals surface area contributed by atoms with Gasteiger partial charge in [0.2, 0.25) is 8.32 Å². The molecule has 0 bridgehead atoms. The zero-order chi connectivity index (χ0) is 14.9. The molecule has 7 heteroatoms. The number of hydrogen-bond donors (Lipinski definition) is 0. The van der Waals surface area contributed by atoms with Crippen molar-refractivity contribution in [2.24, 2.45) is 0 Å². The molecule has 0 aromatic carbocycles. The molecule has 0 atom stereocenters. The van der Waals surface area contributed by atoms with Gasteiger partial charge in [-0.3, -0.25) is 0 Å². The third kappa shape index (κ3) is 45.9. The third-order valence-corrected chi connectivity index (χ3v) is 1.70. The minimum Gasteiger partial charge on any atom is 0 e.